The van der Waals surface area contributed by atoms with Gasteiger partial charge in [0.25, 0.3) is 5.69 Å². The Kier molecular flexibility index (Phi) is 5.64. The van der Waals surface area contributed by atoms with Crippen LogP contribution < -0.4 is 10.2 Å². The average molecular weight is 365 g/mol. The quantitative estimate of drug-likeness (QED) is 0.644. The molecule has 0 radical (unpaired) electrons. The predicted molar refractivity (Wildman–Crippen MR) is 102 cm³/mol. The van der Waals surface area contributed by atoms with Crippen LogP contribution in [0.25, 0.3) is 0 Å². The lowest BCUT2D eigenvalue weighted by Crippen LogP contribution is -2.48. The van der Waals surface area contributed by atoms with Crippen LogP contribution in [0.2, 0.25) is 0 Å². The first-order valence-electron chi connectivity index (χ1n) is 8.57. The Morgan fingerprint density at radius 1 is 1.15 bits per heavy atom. The van der Waals surface area contributed by atoms with E-state index in [1.165, 1.54) is 6.07 Å². The smallest absolute Gasteiger partial charge is 0.293 e. The van der Waals surface area contributed by atoms with Crippen molar-refractivity contribution in [2.45, 2.75) is 0 Å². The van der Waals surface area contributed by atoms with Crippen LogP contribution in [0.4, 0.5) is 17.1 Å². The molecule has 1 fully saturated rings. The number of para-hydroxylation sites is 1. The minimum absolute atomic E-state index is 0.0654. The Hall–Kier alpha value is -3.44. The van der Waals surface area contributed by atoms with Crippen LogP contribution in [0.3, 0.4) is 0 Å². The van der Waals surface area contributed by atoms with Crippen LogP contribution >= 0.6 is 0 Å². The van der Waals surface area contributed by atoms with Gasteiger partial charge in [0, 0.05) is 37.9 Å². The van der Waals surface area contributed by atoms with E-state index >= 15 is 0 Å². The first-order valence-corrected chi connectivity index (χ1v) is 8.57. The number of nitrogens with one attached hydrogen (secondary N) is 1. The predicted octanol–water partition coefficient (Wildman–Crippen LogP) is 2.23. The second-order valence-corrected chi connectivity index (χ2v) is 6.25. The first-order chi connectivity index (χ1) is 13.1. The normalized spacial score (nSPS) is 14.4. The van der Waals surface area contributed by atoms with E-state index in [9.17, 15) is 14.9 Å². The zero-order valence-corrected chi connectivity index (χ0v) is 14.7. The van der Waals surface area contributed by atoms with Crippen molar-refractivity contribution in [3.8, 4) is 6.07 Å². The Morgan fingerprint density at radius 3 is 2.48 bits per heavy atom. The number of carbonyl (C=O) groups is 1. The third-order valence-electron chi connectivity index (χ3n) is 4.44. The van der Waals surface area contributed by atoms with Crippen molar-refractivity contribution in [2.75, 3.05) is 42.9 Å². The van der Waals surface area contributed by atoms with Crippen molar-refractivity contribution in [3.05, 3.63) is 64.2 Å². The molecule has 3 rings (SSSR count). The molecule has 1 saturated heterocycles. The highest BCUT2D eigenvalue weighted by Gasteiger charge is 2.25. The van der Waals surface area contributed by atoms with Gasteiger partial charge in [-0.2, -0.15) is 5.26 Å². The van der Waals surface area contributed by atoms with Gasteiger partial charge in [0.2, 0.25) is 5.91 Å². The lowest BCUT2D eigenvalue weighted by atomic mass is 10.1. The third kappa shape index (κ3) is 4.59. The number of hydrogen-bond donors (Lipinski definition) is 1. The molecule has 0 unspecified atom stereocenters. The Bertz CT molecular complexity index is 871. The number of nitro groups is 1. The fourth-order valence-electron chi connectivity index (χ4n) is 3.08. The summed E-state index contributed by atoms with van der Waals surface area (Å²) in [5.74, 6) is -0.0843. The van der Waals surface area contributed by atoms with E-state index in [2.05, 4.69) is 5.32 Å². The fraction of sp³-hybridized carbons (Fsp3) is 0.263. The highest BCUT2D eigenvalue weighted by molar-refractivity contribution is 5.92. The number of hydrogen-bond acceptors (Lipinski definition) is 6. The maximum Gasteiger partial charge on any atom is 0.293 e. The van der Waals surface area contributed by atoms with E-state index in [1.807, 2.05) is 46.2 Å². The lowest BCUT2D eigenvalue weighted by Gasteiger charge is -2.35. The van der Waals surface area contributed by atoms with Gasteiger partial charge in [0.1, 0.15) is 5.69 Å². The SMILES string of the molecule is N#Cc1ccc(N2CCN(CC(=O)Nc3ccccc3)CC2)c([N+](=O)[O-])c1. The topological polar surface area (TPSA) is 103 Å². The van der Waals surface area contributed by atoms with Crippen molar-refractivity contribution < 1.29 is 9.72 Å². The van der Waals surface area contributed by atoms with Crippen molar-refractivity contribution >= 4 is 23.0 Å². The molecule has 2 aromatic rings. The number of nitrogens with zero attached hydrogens (tertiary/aromatic N) is 4. The lowest BCUT2D eigenvalue weighted by molar-refractivity contribution is -0.384. The zero-order valence-electron chi connectivity index (χ0n) is 14.7. The van der Waals surface area contributed by atoms with E-state index in [-0.39, 0.29) is 23.7 Å². The summed E-state index contributed by atoms with van der Waals surface area (Å²) in [6, 6.07) is 15.7. The summed E-state index contributed by atoms with van der Waals surface area (Å²) in [4.78, 5) is 27.0. The van der Waals surface area contributed by atoms with Gasteiger partial charge in [-0.1, -0.05) is 18.2 Å². The molecule has 138 valence electrons. The number of piperazine rings is 1. The molecule has 2 aromatic carbocycles. The maximum absolute atomic E-state index is 12.2. The van der Waals surface area contributed by atoms with Gasteiger partial charge in [-0.3, -0.25) is 19.8 Å². The summed E-state index contributed by atoms with van der Waals surface area (Å²) in [6.07, 6.45) is 0. The Labute approximate surface area is 156 Å². The van der Waals surface area contributed by atoms with Crippen molar-refractivity contribution in [3.63, 3.8) is 0 Å². The molecule has 0 spiro atoms. The number of rotatable bonds is 5. The van der Waals surface area contributed by atoms with Crippen LogP contribution in [0.1, 0.15) is 5.56 Å². The van der Waals surface area contributed by atoms with E-state index in [1.54, 1.807) is 12.1 Å². The highest BCUT2D eigenvalue weighted by atomic mass is 16.6. The average Bonchev–Trinajstić information content (AvgIpc) is 2.69. The van der Waals surface area contributed by atoms with Gasteiger partial charge in [0.05, 0.1) is 23.1 Å². The summed E-state index contributed by atoms with van der Waals surface area (Å²) in [5, 5.41) is 23.1. The first kappa shape index (κ1) is 18.4. The third-order valence-corrected chi connectivity index (χ3v) is 4.44. The number of anilines is 2. The molecule has 1 N–H and O–H groups in total. The van der Waals surface area contributed by atoms with Crippen molar-refractivity contribution in [1.82, 2.24) is 4.90 Å². The molecule has 27 heavy (non-hydrogen) atoms. The number of nitriles is 1. The van der Waals surface area contributed by atoms with Gasteiger partial charge in [-0.25, -0.2) is 0 Å². The van der Waals surface area contributed by atoms with Crippen molar-refractivity contribution in [1.29, 1.82) is 5.26 Å². The molecule has 0 aliphatic carbocycles. The van der Waals surface area contributed by atoms with Crippen molar-refractivity contribution in [2.24, 2.45) is 0 Å². The highest BCUT2D eigenvalue weighted by Crippen LogP contribution is 2.29. The van der Waals surface area contributed by atoms with E-state index in [4.69, 9.17) is 5.26 Å². The van der Waals surface area contributed by atoms with E-state index in [0.717, 1.165) is 5.69 Å². The summed E-state index contributed by atoms with van der Waals surface area (Å²) in [6.45, 7) is 2.67. The molecular formula is C19H19N5O3. The van der Waals surface area contributed by atoms with Crippen LogP contribution in [0.5, 0.6) is 0 Å². The Morgan fingerprint density at radius 2 is 1.85 bits per heavy atom. The van der Waals surface area contributed by atoms with E-state index < -0.39 is 4.92 Å². The molecule has 0 saturated carbocycles. The largest absolute Gasteiger partial charge is 0.363 e. The second-order valence-electron chi connectivity index (χ2n) is 6.25. The minimum atomic E-state index is -0.462. The van der Waals surface area contributed by atoms with Crippen LogP contribution in [0, 0.1) is 21.4 Å². The molecule has 0 bridgehead atoms. The van der Waals surface area contributed by atoms with Crippen LogP contribution in [-0.4, -0.2) is 48.5 Å². The number of carbonyl (C=O) groups excluding carboxylic acids is 1. The standard InChI is InChI=1S/C19H19N5O3/c20-13-15-6-7-17(18(12-15)24(26)27)23-10-8-22(9-11-23)14-19(25)21-16-4-2-1-3-5-16/h1-7,12H,8-11,14H2,(H,21,25). The molecule has 8 heteroatoms. The van der Waals surface area contributed by atoms with Gasteiger partial charge in [-0.15, -0.1) is 0 Å². The summed E-state index contributed by atoms with van der Waals surface area (Å²) < 4.78 is 0. The molecule has 0 atom stereocenters. The summed E-state index contributed by atoms with van der Waals surface area (Å²) in [5.41, 5.74) is 1.47. The summed E-state index contributed by atoms with van der Waals surface area (Å²) in [7, 11) is 0. The molecule has 8 nitrogen and oxygen atoms in total. The van der Waals surface area contributed by atoms with Gasteiger partial charge in [-0.05, 0) is 24.3 Å². The van der Waals surface area contributed by atoms with E-state index in [0.29, 0.717) is 31.9 Å². The van der Waals surface area contributed by atoms with Gasteiger partial charge in [0.15, 0.2) is 0 Å². The number of benzene rings is 2. The maximum atomic E-state index is 12.2. The molecule has 0 aromatic heterocycles. The monoisotopic (exact) mass is 365 g/mol. The Balaban J connectivity index is 1.58. The summed E-state index contributed by atoms with van der Waals surface area (Å²) >= 11 is 0. The number of amides is 1. The van der Waals surface area contributed by atoms with Gasteiger partial charge < -0.3 is 10.2 Å². The molecule has 1 heterocycles. The van der Waals surface area contributed by atoms with Crippen LogP contribution in [0.15, 0.2) is 48.5 Å². The molecule has 1 amide bonds. The number of nitro benzene ring substituents is 1. The molecule has 1 aliphatic rings. The van der Waals surface area contributed by atoms with Gasteiger partial charge >= 0.3 is 0 Å². The fourth-order valence-corrected chi connectivity index (χ4v) is 3.08. The van der Waals surface area contributed by atoms with Crippen LogP contribution in [-0.2, 0) is 4.79 Å². The molecular weight excluding hydrogens is 346 g/mol. The molecule has 1 aliphatic heterocycles. The minimum Gasteiger partial charge on any atom is -0.363 e. The second kappa shape index (κ2) is 8.29. The zero-order chi connectivity index (χ0) is 19.2.